The van der Waals surface area contributed by atoms with E-state index in [0.29, 0.717) is 12.1 Å². The van der Waals surface area contributed by atoms with Crippen LogP contribution < -0.4 is 9.47 Å². The summed E-state index contributed by atoms with van der Waals surface area (Å²) in [5.41, 5.74) is 1.43. The lowest BCUT2D eigenvalue weighted by Crippen LogP contribution is -2.34. The molecule has 1 aromatic heterocycles. The zero-order valence-corrected chi connectivity index (χ0v) is 15.1. The molecule has 27 heavy (non-hydrogen) atoms. The van der Waals surface area contributed by atoms with E-state index in [1.165, 1.54) is 25.3 Å². The lowest BCUT2D eigenvalue weighted by Gasteiger charge is -2.30. The average Bonchev–Trinajstić information content (AvgIpc) is 2.94. The number of rotatable bonds is 5. The van der Waals surface area contributed by atoms with Gasteiger partial charge in [0.1, 0.15) is 0 Å². The summed E-state index contributed by atoms with van der Waals surface area (Å²) >= 11 is 0. The molecule has 0 radical (unpaired) electrons. The summed E-state index contributed by atoms with van der Waals surface area (Å²) in [6.45, 7) is -2.31. The van der Waals surface area contributed by atoms with Crippen molar-refractivity contribution in [1.29, 1.82) is 0 Å². The van der Waals surface area contributed by atoms with Crippen molar-refractivity contribution in [3.8, 4) is 11.5 Å². The van der Waals surface area contributed by atoms with Crippen molar-refractivity contribution >= 4 is 5.91 Å². The van der Waals surface area contributed by atoms with Crippen LogP contribution in [0.5, 0.6) is 11.5 Å². The molecule has 1 atom stereocenters. The molecule has 144 valence electrons. The molecule has 2 aromatic rings. The molecule has 1 aromatic carbocycles. The number of carbonyl (C=O) groups is 1. The highest BCUT2D eigenvalue weighted by Gasteiger charge is 2.28. The summed E-state index contributed by atoms with van der Waals surface area (Å²) in [5, 5.41) is 0. The van der Waals surface area contributed by atoms with Crippen LogP contribution in [0.1, 0.15) is 47.6 Å². The quantitative estimate of drug-likeness (QED) is 0.774. The van der Waals surface area contributed by atoms with Gasteiger partial charge in [0, 0.05) is 24.5 Å². The number of methoxy groups -OCH3 is 1. The Labute approximate surface area is 156 Å². The molecule has 1 saturated heterocycles. The zero-order chi connectivity index (χ0) is 19.2. The number of ether oxygens (including phenoxy) is 2. The Hall–Kier alpha value is -2.70. The molecule has 0 saturated carbocycles. The standard InChI is InChI=1S/C20H22F2N2O3/c1-26-18-13-15(6-7-17(18)27-20(21)22)19(25)24-12-4-2-3-5-16(24)14-8-10-23-11-9-14/h6-11,13,16,20H,2-5,12H2,1H3. The van der Waals surface area contributed by atoms with Crippen molar-refractivity contribution in [3.05, 3.63) is 53.9 Å². The van der Waals surface area contributed by atoms with Crippen molar-refractivity contribution in [2.24, 2.45) is 0 Å². The third-order valence-electron chi connectivity index (χ3n) is 4.73. The number of likely N-dealkylation sites (tertiary alicyclic amines) is 1. The van der Waals surface area contributed by atoms with E-state index in [2.05, 4.69) is 9.72 Å². The molecule has 1 unspecified atom stereocenters. The molecule has 2 heterocycles. The summed E-state index contributed by atoms with van der Waals surface area (Å²) in [5.74, 6) is -0.136. The molecule has 0 N–H and O–H groups in total. The van der Waals surface area contributed by atoms with Gasteiger partial charge in [-0.3, -0.25) is 9.78 Å². The van der Waals surface area contributed by atoms with Crippen LogP contribution in [0.2, 0.25) is 0 Å². The molecule has 1 aliphatic heterocycles. The number of hydrogen-bond donors (Lipinski definition) is 0. The summed E-state index contributed by atoms with van der Waals surface area (Å²) in [7, 11) is 1.35. The Bertz CT molecular complexity index is 771. The van der Waals surface area contributed by atoms with E-state index < -0.39 is 6.61 Å². The fourth-order valence-electron chi connectivity index (χ4n) is 3.44. The molecular weight excluding hydrogens is 354 g/mol. The van der Waals surface area contributed by atoms with Crippen LogP contribution in [-0.4, -0.2) is 36.1 Å². The lowest BCUT2D eigenvalue weighted by molar-refractivity contribution is -0.0512. The maximum Gasteiger partial charge on any atom is 0.387 e. The summed E-state index contributed by atoms with van der Waals surface area (Å²) in [4.78, 5) is 19.1. The third-order valence-corrected chi connectivity index (χ3v) is 4.73. The summed E-state index contributed by atoms with van der Waals surface area (Å²) in [6, 6.07) is 8.11. The smallest absolute Gasteiger partial charge is 0.387 e. The minimum atomic E-state index is -2.96. The molecule has 1 amide bonds. The van der Waals surface area contributed by atoms with E-state index in [4.69, 9.17) is 4.74 Å². The van der Waals surface area contributed by atoms with E-state index in [0.717, 1.165) is 31.2 Å². The van der Waals surface area contributed by atoms with Gasteiger partial charge in [-0.15, -0.1) is 0 Å². The number of benzene rings is 1. The Morgan fingerprint density at radius 2 is 1.93 bits per heavy atom. The highest BCUT2D eigenvalue weighted by molar-refractivity contribution is 5.95. The van der Waals surface area contributed by atoms with Crippen molar-refractivity contribution in [3.63, 3.8) is 0 Å². The minimum absolute atomic E-state index is 0.0361. The van der Waals surface area contributed by atoms with Gasteiger partial charge in [0.25, 0.3) is 5.91 Å². The van der Waals surface area contributed by atoms with Gasteiger partial charge in [0.15, 0.2) is 11.5 Å². The van der Waals surface area contributed by atoms with Crippen LogP contribution >= 0.6 is 0 Å². The van der Waals surface area contributed by atoms with Gasteiger partial charge < -0.3 is 14.4 Å². The maximum atomic E-state index is 13.2. The highest BCUT2D eigenvalue weighted by atomic mass is 19.3. The predicted molar refractivity (Wildman–Crippen MR) is 96.1 cm³/mol. The van der Waals surface area contributed by atoms with Gasteiger partial charge in [-0.05, 0) is 48.7 Å². The molecule has 0 spiro atoms. The molecule has 0 aliphatic carbocycles. The van der Waals surface area contributed by atoms with Gasteiger partial charge in [0.05, 0.1) is 13.2 Å². The van der Waals surface area contributed by atoms with Crippen LogP contribution in [0, 0.1) is 0 Å². The Morgan fingerprint density at radius 3 is 2.63 bits per heavy atom. The van der Waals surface area contributed by atoms with Crippen LogP contribution in [0.25, 0.3) is 0 Å². The van der Waals surface area contributed by atoms with Crippen molar-refractivity contribution in [1.82, 2.24) is 9.88 Å². The summed E-state index contributed by atoms with van der Waals surface area (Å²) < 4.78 is 34.6. The maximum absolute atomic E-state index is 13.2. The van der Waals surface area contributed by atoms with E-state index in [-0.39, 0.29) is 23.4 Å². The van der Waals surface area contributed by atoms with Crippen molar-refractivity contribution in [2.45, 2.75) is 38.3 Å². The van der Waals surface area contributed by atoms with Crippen LogP contribution in [0.4, 0.5) is 8.78 Å². The largest absolute Gasteiger partial charge is 0.493 e. The molecule has 7 heteroatoms. The predicted octanol–water partition coefficient (Wildman–Crippen LogP) is 4.45. The molecule has 1 aliphatic rings. The van der Waals surface area contributed by atoms with E-state index >= 15 is 0 Å². The van der Waals surface area contributed by atoms with Crippen LogP contribution in [0.3, 0.4) is 0 Å². The minimum Gasteiger partial charge on any atom is -0.493 e. The highest BCUT2D eigenvalue weighted by Crippen LogP contribution is 2.34. The first-order valence-corrected chi connectivity index (χ1v) is 8.94. The van der Waals surface area contributed by atoms with Gasteiger partial charge in [-0.25, -0.2) is 0 Å². The molecule has 0 bridgehead atoms. The monoisotopic (exact) mass is 376 g/mol. The topological polar surface area (TPSA) is 51.7 Å². The van der Waals surface area contributed by atoms with E-state index in [1.54, 1.807) is 12.4 Å². The average molecular weight is 376 g/mol. The van der Waals surface area contributed by atoms with Gasteiger partial charge in [-0.1, -0.05) is 12.8 Å². The lowest BCUT2D eigenvalue weighted by atomic mass is 10.0. The fourth-order valence-corrected chi connectivity index (χ4v) is 3.44. The zero-order valence-electron chi connectivity index (χ0n) is 15.1. The first-order chi connectivity index (χ1) is 13.1. The normalized spacial score (nSPS) is 17.5. The van der Waals surface area contributed by atoms with Gasteiger partial charge in [-0.2, -0.15) is 8.78 Å². The Morgan fingerprint density at radius 1 is 1.15 bits per heavy atom. The van der Waals surface area contributed by atoms with Gasteiger partial charge in [0.2, 0.25) is 0 Å². The summed E-state index contributed by atoms with van der Waals surface area (Å²) in [6.07, 6.45) is 7.36. The second-order valence-electron chi connectivity index (χ2n) is 6.39. The number of amides is 1. The number of nitrogens with zero attached hydrogens (tertiary/aromatic N) is 2. The van der Waals surface area contributed by atoms with Crippen molar-refractivity contribution in [2.75, 3.05) is 13.7 Å². The SMILES string of the molecule is COc1cc(C(=O)N2CCCCCC2c2ccncc2)ccc1OC(F)F. The second-order valence-corrected chi connectivity index (χ2v) is 6.39. The number of pyridine rings is 1. The van der Waals surface area contributed by atoms with E-state index in [9.17, 15) is 13.6 Å². The van der Waals surface area contributed by atoms with Gasteiger partial charge >= 0.3 is 6.61 Å². The van der Waals surface area contributed by atoms with Crippen molar-refractivity contribution < 1.29 is 23.0 Å². The second kappa shape index (κ2) is 8.79. The van der Waals surface area contributed by atoms with Crippen LogP contribution in [0.15, 0.2) is 42.7 Å². The fraction of sp³-hybridized carbons (Fsp3) is 0.400. The number of carbonyl (C=O) groups excluding carboxylic acids is 1. The molecular formula is C20H22F2N2O3. The first kappa shape index (κ1) is 19.1. The molecule has 3 rings (SSSR count). The number of aromatic nitrogens is 1. The molecule has 5 nitrogen and oxygen atoms in total. The number of halogens is 2. The first-order valence-electron chi connectivity index (χ1n) is 8.94. The Balaban J connectivity index is 1.90. The van der Waals surface area contributed by atoms with Crippen LogP contribution in [-0.2, 0) is 0 Å². The number of alkyl halides is 2. The Kier molecular flexibility index (Phi) is 6.21. The number of hydrogen-bond acceptors (Lipinski definition) is 4. The van der Waals surface area contributed by atoms with E-state index in [1.807, 2.05) is 17.0 Å². The molecule has 1 fully saturated rings. The third kappa shape index (κ3) is 4.53.